The monoisotopic (exact) mass is 423 g/mol. The molecule has 0 spiro atoms. The Bertz CT molecular complexity index is 1040. The number of esters is 1. The third-order valence-electron chi connectivity index (χ3n) is 3.85. The minimum Gasteiger partial charge on any atom is -0.506 e. The third-order valence-corrected chi connectivity index (χ3v) is 4.87. The number of hydrogen-bond donors (Lipinski definition) is 1. The summed E-state index contributed by atoms with van der Waals surface area (Å²) in [7, 11) is 1.11. The topological polar surface area (TPSA) is 58.9 Å². The van der Waals surface area contributed by atoms with E-state index < -0.39 is 29.3 Å². The molecule has 150 valence electrons. The molecule has 2 aromatic carbocycles. The average molecular weight is 423 g/mol. The lowest BCUT2D eigenvalue weighted by Gasteiger charge is -2.07. The quantitative estimate of drug-likeness (QED) is 0.512. The number of carbonyl (C=O) groups excluding carboxylic acids is 1. The number of halogens is 4. The number of hydrogen-bond acceptors (Lipinski definition) is 5. The molecule has 0 radical (unpaired) electrons. The van der Waals surface area contributed by atoms with E-state index in [2.05, 4.69) is 9.73 Å². The first-order chi connectivity index (χ1) is 13.7. The van der Waals surface area contributed by atoms with Crippen LogP contribution in [-0.4, -0.2) is 23.2 Å². The Balaban J connectivity index is 2.04. The highest BCUT2D eigenvalue weighted by molar-refractivity contribution is 8.18. The summed E-state index contributed by atoms with van der Waals surface area (Å²) in [6.45, 7) is 0. The van der Waals surface area contributed by atoms with E-state index in [1.54, 1.807) is 0 Å². The Labute approximate surface area is 167 Å². The van der Waals surface area contributed by atoms with Crippen LogP contribution in [0.5, 0.6) is 0 Å². The number of methoxy groups -OCH3 is 1. The molecule has 1 heterocycles. The van der Waals surface area contributed by atoms with Gasteiger partial charge in [0.05, 0.1) is 23.3 Å². The van der Waals surface area contributed by atoms with Crippen molar-refractivity contribution in [1.29, 1.82) is 0 Å². The van der Waals surface area contributed by atoms with Crippen LogP contribution in [-0.2, 0) is 15.7 Å². The van der Waals surface area contributed by atoms with Crippen LogP contribution in [0.15, 0.2) is 69.8 Å². The molecule has 0 saturated heterocycles. The molecular weight excluding hydrogens is 410 g/mol. The number of carbonyl (C=O) groups is 1. The highest BCUT2D eigenvalue weighted by Gasteiger charge is 2.34. The maximum Gasteiger partial charge on any atom is 0.416 e. The Kier molecular flexibility index (Phi) is 5.78. The van der Waals surface area contributed by atoms with Crippen molar-refractivity contribution in [2.24, 2.45) is 4.99 Å². The first kappa shape index (κ1) is 20.7. The van der Waals surface area contributed by atoms with Crippen molar-refractivity contribution in [3.05, 3.63) is 81.7 Å². The summed E-state index contributed by atoms with van der Waals surface area (Å²) < 4.78 is 56.5. The van der Waals surface area contributed by atoms with Gasteiger partial charge in [0.25, 0.3) is 0 Å². The van der Waals surface area contributed by atoms with Gasteiger partial charge in [-0.15, -0.1) is 0 Å². The fourth-order valence-corrected chi connectivity index (χ4v) is 3.51. The Morgan fingerprint density at radius 1 is 1.17 bits per heavy atom. The SMILES string of the molecule is COC(=O)C1=C(O)C(=Cc2ccc(F)cc2)SC1=Nc1cccc(C(F)(F)F)c1. The van der Waals surface area contributed by atoms with Crippen LogP contribution in [0.3, 0.4) is 0 Å². The number of rotatable bonds is 3. The van der Waals surface area contributed by atoms with E-state index in [1.165, 1.54) is 42.5 Å². The molecule has 0 atom stereocenters. The van der Waals surface area contributed by atoms with Gasteiger partial charge in [-0.2, -0.15) is 13.2 Å². The van der Waals surface area contributed by atoms with Gasteiger partial charge in [0.1, 0.15) is 22.2 Å². The van der Waals surface area contributed by atoms with Gasteiger partial charge in [-0.1, -0.05) is 30.0 Å². The van der Waals surface area contributed by atoms with Crippen molar-refractivity contribution in [2.45, 2.75) is 6.18 Å². The normalized spacial score (nSPS) is 17.3. The molecule has 0 amide bonds. The molecule has 4 nitrogen and oxygen atoms in total. The second-order valence-corrected chi connectivity index (χ2v) is 6.87. The number of benzene rings is 2. The van der Waals surface area contributed by atoms with Crippen molar-refractivity contribution in [3.8, 4) is 0 Å². The van der Waals surface area contributed by atoms with Crippen LogP contribution >= 0.6 is 11.8 Å². The van der Waals surface area contributed by atoms with Crippen molar-refractivity contribution < 1.29 is 32.2 Å². The van der Waals surface area contributed by atoms with Gasteiger partial charge in [0.15, 0.2) is 0 Å². The minimum absolute atomic E-state index is 0.0120. The fourth-order valence-electron chi connectivity index (χ4n) is 2.47. The summed E-state index contributed by atoms with van der Waals surface area (Å²) in [5.41, 5.74) is -0.648. The Hall–Kier alpha value is -3.07. The van der Waals surface area contributed by atoms with E-state index >= 15 is 0 Å². The second kappa shape index (κ2) is 8.12. The first-order valence-corrected chi connectivity index (χ1v) is 8.94. The number of aliphatic hydroxyl groups excluding tert-OH is 1. The Morgan fingerprint density at radius 2 is 1.86 bits per heavy atom. The number of alkyl halides is 3. The van der Waals surface area contributed by atoms with Crippen LogP contribution in [0.1, 0.15) is 11.1 Å². The van der Waals surface area contributed by atoms with Crippen molar-refractivity contribution in [2.75, 3.05) is 7.11 Å². The summed E-state index contributed by atoms with van der Waals surface area (Å²) in [4.78, 5) is 16.4. The van der Waals surface area contributed by atoms with Crippen LogP contribution in [0.2, 0.25) is 0 Å². The molecular formula is C20H13F4NO3S. The number of aliphatic imine (C=N–C) groups is 1. The molecule has 0 aromatic heterocycles. The molecule has 9 heteroatoms. The van der Waals surface area contributed by atoms with E-state index in [0.29, 0.717) is 5.56 Å². The number of ether oxygens (including phenoxy) is 1. The molecule has 0 unspecified atom stereocenters. The lowest BCUT2D eigenvalue weighted by molar-refractivity contribution is -0.137. The van der Waals surface area contributed by atoms with Gasteiger partial charge in [0.2, 0.25) is 0 Å². The molecule has 2 aromatic rings. The molecule has 1 aliphatic heterocycles. The minimum atomic E-state index is -4.55. The van der Waals surface area contributed by atoms with Crippen LogP contribution < -0.4 is 0 Å². The summed E-state index contributed by atoms with van der Waals surface area (Å²) in [5, 5.41) is 10.4. The molecule has 1 N–H and O–H groups in total. The molecule has 0 fully saturated rings. The predicted molar refractivity (Wildman–Crippen MR) is 102 cm³/mol. The van der Waals surface area contributed by atoms with Gasteiger partial charge < -0.3 is 9.84 Å². The first-order valence-electron chi connectivity index (χ1n) is 8.12. The predicted octanol–water partition coefficient (Wildman–Crippen LogP) is 5.65. The van der Waals surface area contributed by atoms with Crippen LogP contribution in [0.25, 0.3) is 6.08 Å². The van der Waals surface area contributed by atoms with E-state index in [-0.39, 0.29) is 21.2 Å². The van der Waals surface area contributed by atoms with Crippen molar-refractivity contribution in [3.63, 3.8) is 0 Å². The van der Waals surface area contributed by atoms with Gasteiger partial charge in [-0.05, 0) is 42.0 Å². The summed E-state index contributed by atoms with van der Waals surface area (Å²) in [5.74, 6) is -1.74. The van der Waals surface area contributed by atoms with Crippen LogP contribution in [0, 0.1) is 5.82 Å². The maximum absolute atomic E-state index is 13.1. The lowest BCUT2D eigenvalue weighted by Crippen LogP contribution is -2.10. The molecule has 1 aliphatic rings. The maximum atomic E-state index is 13.1. The highest BCUT2D eigenvalue weighted by Crippen LogP contribution is 2.40. The zero-order chi connectivity index (χ0) is 21.2. The smallest absolute Gasteiger partial charge is 0.416 e. The van der Waals surface area contributed by atoms with Crippen LogP contribution in [0.4, 0.5) is 23.2 Å². The van der Waals surface area contributed by atoms with Gasteiger partial charge in [0, 0.05) is 0 Å². The molecule has 3 rings (SSSR count). The second-order valence-electron chi connectivity index (χ2n) is 5.84. The van der Waals surface area contributed by atoms with Crippen molar-refractivity contribution >= 4 is 34.5 Å². The summed E-state index contributed by atoms with van der Waals surface area (Å²) >= 11 is 0.889. The van der Waals surface area contributed by atoms with Crippen molar-refractivity contribution in [1.82, 2.24) is 0 Å². The number of nitrogens with zero attached hydrogens (tertiary/aromatic N) is 1. The zero-order valence-corrected chi connectivity index (χ0v) is 15.6. The van der Waals surface area contributed by atoms with E-state index in [9.17, 15) is 27.5 Å². The summed E-state index contributed by atoms with van der Waals surface area (Å²) in [6, 6.07) is 9.67. The van der Waals surface area contributed by atoms with E-state index in [1.807, 2.05) is 0 Å². The molecule has 0 aliphatic carbocycles. The van der Waals surface area contributed by atoms with Gasteiger partial charge in [-0.25, -0.2) is 14.2 Å². The van der Waals surface area contributed by atoms with E-state index in [4.69, 9.17) is 0 Å². The third kappa shape index (κ3) is 4.68. The standard InChI is InChI=1S/C20H13F4NO3S/c1-28-19(27)16-17(26)15(9-11-5-7-13(21)8-6-11)29-18(16)25-14-4-2-3-12(10-14)20(22,23)24/h2-10,26H,1H3. The highest BCUT2D eigenvalue weighted by atomic mass is 32.2. The largest absolute Gasteiger partial charge is 0.506 e. The number of thioether (sulfide) groups is 1. The fraction of sp³-hybridized carbons (Fsp3) is 0.100. The summed E-state index contributed by atoms with van der Waals surface area (Å²) in [6.07, 6.45) is -3.05. The van der Waals surface area contributed by atoms with E-state index in [0.717, 1.165) is 31.0 Å². The van der Waals surface area contributed by atoms with Gasteiger partial charge in [-0.3, -0.25) is 0 Å². The average Bonchev–Trinajstić information content (AvgIpc) is 2.97. The lowest BCUT2D eigenvalue weighted by atomic mass is 10.1. The molecule has 0 bridgehead atoms. The van der Waals surface area contributed by atoms with Gasteiger partial charge >= 0.3 is 12.1 Å². The number of aliphatic hydroxyl groups is 1. The molecule has 0 saturated carbocycles. The Morgan fingerprint density at radius 3 is 2.48 bits per heavy atom. The molecule has 29 heavy (non-hydrogen) atoms. The zero-order valence-electron chi connectivity index (χ0n) is 14.8.